The smallest absolute Gasteiger partial charge is 0.234 e. The van der Waals surface area contributed by atoms with Gasteiger partial charge in [-0.25, -0.2) is 0 Å². The van der Waals surface area contributed by atoms with Crippen molar-refractivity contribution in [3.63, 3.8) is 0 Å². The van der Waals surface area contributed by atoms with Gasteiger partial charge in [0.05, 0.1) is 26.0 Å². The summed E-state index contributed by atoms with van der Waals surface area (Å²) < 4.78 is 15.9. The summed E-state index contributed by atoms with van der Waals surface area (Å²) in [5.41, 5.74) is 0. The number of furan rings is 1. The van der Waals surface area contributed by atoms with E-state index in [9.17, 15) is 4.79 Å². The molecule has 1 aromatic heterocycles. The molecule has 1 amide bonds. The number of nitrogens with one attached hydrogen (secondary N) is 2. The topological polar surface area (TPSA) is 91.6 Å². The number of nitrogens with zero attached hydrogens (tertiary/aromatic N) is 3. The molecule has 3 heterocycles. The van der Waals surface area contributed by atoms with Crippen molar-refractivity contribution in [2.24, 2.45) is 10.9 Å². The third-order valence-corrected chi connectivity index (χ3v) is 5.43. The average molecular weight is 549 g/mol. The Morgan fingerprint density at radius 3 is 2.77 bits per heavy atom. The zero-order valence-corrected chi connectivity index (χ0v) is 20.7. The van der Waals surface area contributed by atoms with Crippen molar-refractivity contribution in [2.75, 3.05) is 79.3 Å². The van der Waals surface area contributed by atoms with E-state index in [1.54, 1.807) is 13.4 Å². The van der Waals surface area contributed by atoms with Gasteiger partial charge in [-0.2, -0.15) is 0 Å². The number of carbonyl (C=O) groups excluding carboxylic acids is 1. The van der Waals surface area contributed by atoms with Crippen LogP contribution in [0.5, 0.6) is 0 Å². The third kappa shape index (κ3) is 9.34. The Morgan fingerprint density at radius 1 is 1.26 bits per heavy atom. The summed E-state index contributed by atoms with van der Waals surface area (Å²) in [4.78, 5) is 21.4. The van der Waals surface area contributed by atoms with E-state index in [1.807, 2.05) is 12.1 Å². The van der Waals surface area contributed by atoms with Gasteiger partial charge >= 0.3 is 0 Å². The van der Waals surface area contributed by atoms with E-state index < -0.39 is 0 Å². The normalized spacial score (nSPS) is 19.8. The van der Waals surface area contributed by atoms with Crippen LogP contribution in [-0.2, 0) is 20.7 Å². The van der Waals surface area contributed by atoms with E-state index in [-0.39, 0.29) is 29.9 Å². The van der Waals surface area contributed by atoms with Crippen LogP contribution in [0.25, 0.3) is 0 Å². The van der Waals surface area contributed by atoms with Crippen LogP contribution >= 0.6 is 24.0 Å². The second-order valence-corrected chi connectivity index (χ2v) is 7.76. The first-order valence-corrected chi connectivity index (χ1v) is 10.9. The van der Waals surface area contributed by atoms with Crippen LogP contribution in [-0.4, -0.2) is 101 Å². The third-order valence-electron chi connectivity index (χ3n) is 5.43. The summed E-state index contributed by atoms with van der Waals surface area (Å²) in [6.45, 7) is 8.08. The van der Waals surface area contributed by atoms with Crippen LogP contribution in [0.3, 0.4) is 0 Å². The fourth-order valence-corrected chi connectivity index (χ4v) is 3.63. The lowest BCUT2D eigenvalue weighted by Crippen LogP contribution is -2.54. The fourth-order valence-electron chi connectivity index (χ4n) is 3.63. The summed E-state index contributed by atoms with van der Waals surface area (Å²) in [5, 5.41) is 6.39. The largest absolute Gasteiger partial charge is 0.469 e. The summed E-state index contributed by atoms with van der Waals surface area (Å²) in [7, 11) is 1.63. The maximum Gasteiger partial charge on any atom is 0.234 e. The van der Waals surface area contributed by atoms with Gasteiger partial charge in [-0.3, -0.25) is 14.7 Å². The van der Waals surface area contributed by atoms with E-state index in [0.29, 0.717) is 25.6 Å². The first kappa shape index (κ1) is 25.9. The molecular weight excluding hydrogens is 513 g/mol. The molecule has 0 radical (unpaired) electrons. The van der Waals surface area contributed by atoms with Gasteiger partial charge in [-0.1, -0.05) is 0 Å². The van der Waals surface area contributed by atoms with Crippen LogP contribution in [0.2, 0.25) is 0 Å². The molecule has 2 aliphatic rings. The maximum absolute atomic E-state index is 12.0. The second-order valence-electron chi connectivity index (χ2n) is 7.76. The lowest BCUT2D eigenvalue weighted by Gasteiger charge is -2.36. The van der Waals surface area contributed by atoms with Crippen LogP contribution in [0.4, 0.5) is 0 Å². The van der Waals surface area contributed by atoms with Crippen molar-refractivity contribution < 1.29 is 18.7 Å². The number of carbonyl (C=O) groups is 1. The van der Waals surface area contributed by atoms with Gasteiger partial charge in [0.25, 0.3) is 0 Å². The Hall–Kier alpha value is -1.37. The quantitative estimate of drug-likeness (QED) is 0.193. The summed E-state index contributed by atoms with van der Waals surface area (Å²) >= 11 is 0. The number of rotatable bonds is 10. The Kier molecular flexibility index (Phi) is 12.2. The second kappa shape index (κ2) is 14.6. The Morgan fingerprint density at radius 2 is 2.10 bits per heavy atom. The average Bonchev–Trinajstić information content (AvgIpc) is 3.46. The summed E-state index contributed by atoms with van der Waals surface area (Å²) in [6, 6.07) is 3.90. The predicted molar refractivity (Wildman–Crippen MR) is 130 cm³/mol. The van der Waals surface area contributed by atoms with Gasteiger partial charge in [-0.15, -0.1) is 24.0 Å². The van der Waals surface area contributed by atoms with E-state index in [2.05, 4.69) is 20.4 Å². The predicted octanol–water partition coefficient (Wildman–Crippen LogP) is 0.802. The number of hydrogen-bond acceptors (Lipinski definition) is 6. The molecule has 0 saturated carbocycles. The molecule has 10 heteroatoms. The van der Waals surface area contributed by atoms with Crippen molar-refractivity contribution in [1.29, 1.82) is 0 Å². The van der Waals surface area contributed by atoms with E-state index in [0.717, 1.165) is 77.0 Å². The van der Waals surface area contributed by atoms with Gasteiger partial charge in [0.15, 0.2) is 5.96 Å². The molecule has 2 N–H and O–H groups in total. The molecule has 9 nitrogen and oxygen atoms in total. The SMILES string of the molecule is COCCNC(=O)CN1CCN(C(=NCC2CCOC2)NCCc2ccco2)CC1.I. The zero-order valence-electron chi connectivity index (χ0n) is 18.4. The Labute approximate surface area is 201 Å². The van der Waals surface area contributed by atoms with Gasteiger partial charge in [0.1, 0.15) is 5.76 Å². The monoisotopic (exact) mass is 549 g/mol. The minimum absolute atomic E-state index is 0. The van der Waals surface area contributed by atoms with Crippen LogP contribution in [0.1, 0.15) is 12.2 Å². The highest BCUT2D eigenvalue weighted by atomic mass is 127. The highest BCUT2D eigenvalue weighted by Crippen LogP contribution is 2.13. The highest BCUT2D eigenvalue weighted by Gasteiger charge is 2.22. The maximum atomic E-state index is 12.0. The molecule has 2 fully saturated rings. The zero-order chi connectivity index (χ0) is 21.0. The molecule has 3 rings (SSSR count). The van der Waals surface area contributed by atoms with Gasteiger partial charge in [-0.05, 0) is 18.6 Å². The van der Waals surface area contributed by atoms with Crippen molar-refractivity contribution >= 4 is 35.8 Å². The molecule has 31 heavy (non-hydrogen) atoms. The van der Waals surface area contributed by atoms with Crippen molar-refractivity contribution in [3.05, 3.63) is 24.2 Å². The van der Waals surface area contributed by atoms with Gasteiger partial charge in [0.2, 0.25) is 5.91 Å². The Balaban J connectivity index is 0.00000341. The van der Waals surface area contributed by atoms with E-state index in [4.69, 9.17) is 18.9 Å². The van der Waals surface area contributed by atoms with Gasteiger partial charge in [0, 0.05) is 71.9 Å². The number of methoxy groups -OCH3 is 1. The number of guanidine groups is 1. The molecule has 1 unspecified atom stereocenters. The first-order valence-electron chi connectivity index (χ1n) is 10.9. The molecule has 2 saturated heterocycles. The first-order chi connectivity index (χ1) is 14.7. The fraction of sp³-hybridized carbons (Fsp3) is 0.714. The minimum atomic E-state index is 0. The number of halogens is 1. The molecule has 1 atom stereocenters. The number of piperazine rings is 1. The van der Waals surface area contributed by atoms with Crippen LogP contribution < -0.4 is 10.6 Å². The van der Waals surface area contributed by atoms with E-state index in [1.165, 1.54) is 0 Å². The van der Waals surface area contributed by atoms with Crippen LogP contribution in [0, 0.1) is 5.92 Å². The Bertz CT molecular complexity index is 644. The highest BCUT2D eigenvalue weighted by molar-refractivity contribution is 14.0. The van der Waals surface area contributed by atoms with Crippen molar-refractivity contribution in [1.82, 2.24) is 20.4 Å². The molecule has 1 aromatic rings. The summed E-state index contributed by atoms with van der Waals surface area (Å²) in [5.74, 6) is 2.46. The lowest BCUT2D eigenvalue weighted by molar-refractivity contribution is -0.122. The molecule has 176 valence electrons. The lowest BCUT2D eigenvalue weighted by atomic mass is 10.1. The molecule has 2 aliphatic heterocycles. The van der Waals surface area contributed by atoms with Crippen LogP contribution in [0.15, 0.2) is 27.8 Å². The van der Waals surface area contributed by atoms with Gasteiger partial charge < -0.3 is 29.4 Å². The molecule has 0 aromatic carbocycles. The number of hydrogen-bond donors (Lipinski definition) is 2. The van der Waals surface area contributed by atoms with Crippen molar-refractivity contribution in [2.45, 2.75) is 12.8 Å². The number of aliphatic imine (C=N–C) groups is 1. The standard InChI is InChI=1S/C21H35N5O4.HI/c1-28-14-7-22-20(27)16-25-8-10-26(11-9-25)21(24-15-18-5-13-29-17-18)23-6-4-19-3-2-12-30-19;/h2-3,12,18H,4-11,13-17H2,1H3,(H,22,27)(H,23,24);1H. The molecular formula is C21H36IN5O4. The van der Waals surface area contributed by atoms with E-state index >= 15 is 0 Å². The van der Waals surface area contributed by atoms with Crippen molar-refractivity contribution in [3.8, 4) is 0 Å². The molecule has 0 aliphatic carbocycles. The summed E-state index contributed by atoms with van der Waals surface area (Å²) in [6.07, 6.45) is 3.60. The minimum Gasteiger partial charge on any atom is -0.469 e. The number of ether oxygens (including phenoxy) is 2. The molecule has 0 spiro atoms. The molecule has 0 bridgehead atoms. The number of amides is 1.